The molecule has 1 heterocycles. The number of nitrogens with one attached hydrogen (secondary N) is 1. The number of aromatic nitrogens is 1. The predicted octanol–water partition coefficient (Wildman–Crippen LogP) is 3.53. The van der Waals surface area contributed by atoms with E-state index in [4.69, 9.17) is 5.26 Å². The van der Waals surface area contributed by atoms with Crippen LogP contribution in [0.1, 0.15) is 16.8 Å². The van der Waals surface area contributed by atoms with Crippen molar-refractivity contribution < 1.29 is 13.2 Å². The molecule has 0 atom stereocenters. The number of benzene rings is 1. The number of nitriles is 1. The van der Waals surface area contributed by atoms with E-state index in [1.165, 1.54) is 12.1 Å². The molecule has 0 saturated carbocycles. The lowest BCUT2D eigenvalue weighted by molar-refractivity contribution is -0.137. The topological polar surface area (TPSA) is 40.8 Å². The molecule has 0 aliphatic rings. The molecule has 1 N–H and O–H groups in total. The minimum absolute atomic E-state index is 0.0123. The zero-order valence-electron chi connectivity index (χ0n) is 10.7. The van der Waals surface area contributed by atoms with Gasteiger partial charge in [-0.25, -0.2) is 0 Å². The summed E-state index contributed by atoms with van der Waals surface area (Å²) in [7, 11) is 1.82. The second-order valence-corrected chi connectivity index (χ2v) is 4.33. The average Bonchev–Trinajstić information content (AvgIpc) is 2.80. The standard InChI is InChI=1S/C14H12F3N3/c1-20-6-2-3-11(20)9-19-13-5-4-10(8-18)7-12(13)14(15,16)17/h2-7,19H,9H2,1H3. The number of hydrogen-bond donors (Lipinski definition) is 1. The van der Waals surface area contributed by atoms with Crippen molar-refractivity contribution in [1.82, 2.24) is 4.57 Å². The van der Waals surface area contributed by atoms with Crippen molar-refractivity contribution in [1.29, 1.82) is 5.26 Å². The van der Waals surface area contributed by atoms with Crippen LogP contribution in [0.3, 0.4) is 0 Å². The van der Waals surface area contributed by atoms with E-state index >= 15 is 0 Å². The van der Waals surface area contributed by atoms with E-state index in [-0.39, 0.29) is 17.8 Å². The maximum Gasteiger partial charge on any atom is 0.418 e. The minimum atomic E-state index is -4.50. The van der Waals surface area contributed by atoms with Crippen molar-refractivity contribution in [2.24, 2.45) is 7.05 Å². The third kappa shape index (κ3) is 2.94. The van der Waals surface area contributed by atoms with Gasteiger partial charge >= 0.3 is 6.18 Å². The third-order valence-electron chi connectivity index (χ3n) is 2.97. The Morgan fingerprint density at radius 2 is 2.05 bits per heavy atom. The second kappa shape index (κ2) is 5.29. The fraction of sp³-hybridized carbons (Fsp3) is 0.214. The van der Waals surface area contributed by atoms with Gasteiger partial charge < -0.3 is 9.88 Å². The van der Waals surface area contributed by atoms with Gasteiger partial charge in [-0.2, -0.15) is 18.4 Å². The average molecular weight is 279 g/mol. The molecule has 1 aromatic heterocycles. The molecule has 0 amide bonds. The summed E-state index contributed by atoms with van der Waals surface area (Å²) in [6.45, 7) is 0.276. The van der Waals surface area contributed by atoms with Crippen LogP contribution in [0, 0.1) is 11.3 Å². The van der Waals surface area contributed by atoms with Crippen molar-refractivity contribution in [3.05, 3.63) is 53.3 Å². The van der Waals surface area contributed by atoms with Gasteiger partial charge in [0.1, 0.15) is 0 Å². The highest BCUT2D eigenvalue weighted by Gasteiger charge is 2.33. The van der Waals surface area contributed by atoms with E-state index in [2.05, 4.69) is 5.32 Å². The number of aryl methyl sites for hydroxylation is 1. The van der Waals surface area contributed by atoms with Gasteiger partial charge in [0.15, 0.2) is 0 Å². The lowest BCUT2D eigenvalue weighted by Crippen LogP contribution is -2.12. The molecule has 0 saturated heterocycles. The van der Waals surface area contributed by atoms with Crippen molar-refractivity contribution in [2.45, 2.75) is 12.7 Å². The molecule has 0 fully saturated rings. The van der Waals surface area contributed by atoms with Gasteiger partial charge in [-0.05, 0) is 30.3 Å². The van der Waals surface area contributed by atoms with Crippen molar-refractivity contribution in [3.63, 3.8) is 0 Å². The summed E-state index contributed by atoms with van der Waals surface area (Å²) in [6, 6.07) is 8.86. The van der Waals surface area contributed by atoms with Gasteiger partial charge in [0, 0.05) is 24.6 Å². The van der Waals surface area contributed by atoms with Gasteiger partial charge in [-0.1, -0.05) is 0 Å². The number of rotatable bonds is 3. The zero-order valence-corrected chi connectivity index (χ0v) is 10.7. The maximum atomic E-state index is 13.0. The summed E-state index contributed by atoms with van der Waals surface area (Å²) < 4.78 is 40.7. The number of nitrogens with zero attached hydrogens (tertiary/aromatic N) is 2. The van der Waals surface area contributed by atoms with Gasteiger partial charge in [-0.3, -0.25) is 0 Å². The molecule has 0 bridgehead atoms. The molecule has 3 nitrogen and oxygen atoms in total. The first-order valence-electron chi connectivity index (χ1n) is 5.87. The molecule has 0 radical (unpaired) electrons. The summed E-state index contributed by atoms with van der Waals surface area (Å²) in [5.41, 5.74) is -0.00677. The summed E-state index contributed by atoms with van der Waals surface area (Å²) in [4.78, 5) is 0. The molecule has 0 aliphatic heterocycles. The molecular weight excluding hydrogens is 267 g/mol. The van der Waals surface area contributed by atoms with E-state index in [1.807, 2.05) is 29.9 Å². The van der Waals surface area contributed by atoms with Crippen molar-refractivity contribution >= 4 is 5.69 Å². The van der Waals surface area contributed by atoms with Crippen LogP contribution in [-0.4, -0.2) is 4.57 Å². The molecule has 0 spiro atoms. The van der Waals surface area contributed by atoms with Crippen LogP contribution in [0.5, 0.6) is 0 Å². The molecule has 20 heavy (non-hydrogen) atoms. The van der Waals surface area contributed by atoms with Crippen LogP contribution in [0.4, 0.5) is 18.9 Å². The van der Waals surface area contributed by atoms with Gasteiger partial charge in [0.25, 0.3) is 0 Å². The summed E-state index contributed by atoms with van der Waals surface area (Å²) >= 11 is 0. The Labute approximate surface area is 114 Å². The Kier molecular flexibility index (Phi) is 3.70. The van der Waals surface area contributed by atoms with Crippen LogP contribution in [-0.2, 0) is 19.8 Å². The first-order chi connectivity index (χ1) is 9.41. The Bertz CT molecular complexity index is 650. The normalized spacial score (nSPS) is 11.2. The van der Waals surface area contributed by atoms with E-state index < -0.39 is 11.7 Å². The molecule has 104 valence electrons. The summed E-state index contributed by atoms with van der Waals surface area (Å²) in [6.07, 6.45) is -2.68. The summed E-state index contributed by atoms with van der Waals surface area (Å²) in [5, 5.41) is 11.5. The lowest BCUT2D eigenvalue weighted by atomic mass is 10.1. The largest absolute Gasteiger partial charge is 0.418 e. The molecule has 1 aromatic carbocycles. The fourth-order valence-electron chi connectivity index (χ4n) is 1.87. The first-order valence-corrected chi connectivity index (χ1v) is 5.87. The van der Waals surface area contributed by atoms with Crippen LogP contribution < -0.4 is 5.32 Å². The van der Waals surface area contributed by atoms with Crippen molar-refractivity contribution in [2.75, 3.05) is 5.32 Å². The lowest BCUT2D eigenvalue weighted by Gasteiger charge is -2.15. The third-order valence-corrected chi connectivity index (χ3v) is 2.97. The first kappa shape index (κ1) is 14.0. The number of anilines is 1. The molecular formula is C14H12F3N3. The zero-order chi connectivity index (χ0) is 14.8. The van der Waals surface area contributed by atoms with Crippen LogP contribution in [0.25, 0.3) is 0 Å². The van der Waals surface area contributed by atoms with E-state index in [0.29, 0.717) is 0 Å². The Balaban J connectivity index is 2.28. The Morgan fingerprint density at radius 1 is 1.30 bits per heavy atom. The Hall–Kier alpha value is -2.42. The number of hydrogen-bond acceptors (Lipinski definition) is 2. The van der Waals surface area contributed by atoms with Crippen LogP contribution in [0.2, 0.25) is 0 Å². The molecule has 0 aliphatic carbocycles. The van der Waals surface area contributed by atoms with Gasteiger partial charge in [0.05, 0.1) is 23.7 Å². The molecule has 0 unspecified atom stereocenters. The second-order valence-electron chi connectivity index (χ2n) is 4.33. The van der Waals surface area contributed by atoms with E-state index in [1.54, 1.807) is 6.07 Å². The van der Waals surface area contributed by atoms with E-state index in [9.17, 15) is 13.2 Å². The minimum Gasteiger partial charge on any atom is -0.379 e. The maximum absolute atomic E-state index is 13.0. The number of alkyl halides is 3. The molecule has 2 aromatic rings. The van der Waals surface area contributed by atoms with Gasteiger partial charge in [0.2, 0.25) is 0 Å². The Morgan fingerprint density at radius 3 is 2.60 bits per heavy atom. The van der Waals surface area contributed by atoms with Crippen LogP contribution >= 0.6 is 0 Å². The van der Waals surface area contributed by atoms with E-state index in [0.717, 1.165) is 11.8 Å². The smallest absolute Gasteiger partial charge is 0.379 e. The molecule has 6 heteroatoms. The molecule has 2 rings (SSSR count). The predicted molar refractivity (Wildman–Crippen MR) is 68.9 cm³/mol. The van der Waals surface area contributed by atoms with Crippen LogP contribution in [0.15, 0.2) is 36.5 Å². The number of halogens is 3. The fourth-order valence-corrected chi connectivity index (χ4v) is 1.87. The van der Waals surface area contributed by atoms with Gasteiger partial charge in [-0.15, -0.1) is 0 Å². The highest BCUT2D eigenvalue weighted by Crippen LogP contribution is 2.35. The quantitative estimate of drug-likeness (QED) is 0.933. The SMILES string of the molecule is Cn1cccc1CNc1ccc(C#N)cc1C(F)(F)F. The summed E-state index contributed by atoms with van der Waals surface area (Å²) in [5.74, 6) is 0. The highest BCUT2D eigenvalue weighted by atomic mass is 19.4. The highest BCUT2D eigenvalue weighted by molar-refractivity contribution is 5.56. The van der Waals surface area contributed by atoms with Crippen molar-refractivity contribution in [3.8, 4) is 6.07 Å². The monoisotopic (exact) mass is 279 g/mol.